The van der Waals surface area contributed by atoms with Crippen LogP contribution in [0.2, 0.25) is 10.0 Å². The number of rotatable bonds is 6. The van der Waals surface area contributed by atoms with Gasteiger partial charge < -0.3 is 4.74 Å². The molecule has 4 aromatic rings. The van der Waals surface area contributed by atoms with Gasteiger partial charge in [0.05, 0.1) is 27.1 Å². The Kier molecular flexibility index (Phi) is 7.68. The van der Waals surface area contributed by atoms with Crippen LogP contribution in [0.1, 0.15) is 37.7 Å². The Morgan fingerprint density at radius 2 is 1.86 bits per heavy atom. The summed E-state index contributed by atoms with van der Waals surface area (Å²) in [7, 11) is 0. The molecule has 0 aliphatic carbocycles. The molecule has 0 saturated carbocycles. The summed E-state index contributed by atoms with van der Waals surface area (Å²) in [6.45, 7) is 5.74. The van der Waals surface area contributed by atoms with Crippen molar-refractivity contribution in [2.24, 2.45) is 5.10 Å². The van der Waals surface area contributed by atoms with Gasteiger partial charge in [-0.1, -0.05) is 78.1 Å². The van der Waals surface area contributed by atoms with Crippen LogP contribution in [0.25, 0.3) is 10.9 Å². The van der Waals surface area contributed by atoms with Crippen molar-refractivity contribution in [1.82, 2.24) is 9.66 Å². The van der Waals surface area contributed by atoms with Gasteiger partial charge in [-0.05, 0) is 30.3 Å². The van der Waals surface area contributed by atoms with E-state index in [4.69, 9.17) is 27.9 Å². The molecule has 0 spiro atoms. The highest BCUT2D eigenvalue weighted by atomic mass is 79.9. The summed E-state index contributed by atoms with van der Waals surface area (Å²) >= 11 is 15.9. The fraction of sp³-hybridized carbons (Fsp3) is 0.192. The van der Waals surface area contributed by atoms with Gasteiger partial charge in [-0.25, -0.2) is 4.98 Å². The summed E-state index contributed by atoms with van der Waals surface area (Å²) in [6.07, 6.45) is 1.33. The molecule has 0 aliphatic heterocycles. The van der Waals surface area contributed by atoms with E-state index in [9.17, 15) is 14.9 Å². The van der Waals surface area contributed by atoms with Crippen molar-refractivity contribution in [2.75, 3.05) is 0 Å². The first kappa shape index (κ1) is 26.8. The van der Waals surface area contributed by atoms with Crippen LogP contribution in [0.5, 0.6) is 5.75 Å². The molecule has 0 atom stereocenters. The normalized spacial score (nSPS) is 11.8. The second kappa shape index (κ2) is 10.6. The molecule has 11 heteroatoms. The summed E-state index contributed by atoms with van der Waals surface area (Å²) in [4.78, 5) is 29.2. The van der Waals surface area contributed by atoms with E-state index in [0.29, 0.717) is 32.9 Å². The van der Waals surface area contributed by atoms with E-state index in [0.717, 1.165) is 4.47 Å². The standard InChI is InChI=1S/C26H21BrCl2N4O4/c1-26(2,3)25-31-21-9-8-17(27)12-18(21)24(34)32(25)30-13-15-10-20(29)23(22(11-15)33(35)36)37-14-16-6-4-5-7-19(16)28/h4-13H,14H2,1-3H3. The number of hydrogen-bond donors (Lipinski definition) is 0. The van der Waals surface area contributed by atoms with Gasteiger partial charge in [0.1, 0.15) is 12.4 Å². The monoisotopic (exact) mass is 602 g/mol. The molecule has 1 aromatic heterocycles. The zero-order chi connectivity index (χ0) is 26.9. The first-order valence-corrected chi connectivity index (χ1v) is 12.6. The van der Waals surface area contributed by atoms with Gasteiger partial charge in [-0.2, -0.15) is 9.78 Å². The van der Waals surface area contributed by atoms with Crippen LogP contribution in [-0.2, 0) is 12.0 Å². The first-order chi connectivity index (χ1) is 17.5. The quantitative estimate of drug-likeness (QED) is 0.133. The summed E-state index contributed by atoms with van der Waals surface area (Å²) in [5, 5.41) is 17.1. The van der Waals surface area contributed by atoms with Gasteiger partial charge in [0.2, 0.25) is 5.75 Å². The smallest absolute Gasteiger partial charge is 0.313 e. The molecular formula is C26H21BrCl2N4O4. The van der Waals surface area contributed by atoms with Crippen molar-refractivity contribution in [3.05, 3.63) is 107 Å². The van der Waals surface area contributed by atoms with Gasteiger partial charge in [0.25, 0.3) is 5.56 Å². The van der Waals surface area contributed by atoms with Gasteiger partial charge in [0, 0.05) is 32.1 Å². The van der Waals surface area contributed by atoms with E-state index in [2.05, 4.69) is 26.0 Å². The number of nitro benzene ring substituents is 1. The number of benzene rings is 3. The zero-order valence-electron chi connectivity index (χ0n) is 20.0. The Bertz CT molecular complexity index is 1610. The molecule has 0 radical (unpaired) electrons. The molecule has 0 N–H and O–H groups in total. The van der Waals surface area contributed by atoms with Crippen LogP contribution >= 0.6 is 39.1 Å². The minimum Gasteiger partial charge on any atom is -0.481 e. The Hall–Kier alpha value is -3.27. The number of ether oxygens (including phenoxy) is 1. The topological polar surface area (TPSA) is 99.6 Å². The Balaban J connectivity index is 1.76. The molecular weight excluding hydrogens is 583 g/mol. The maximum atomic E-state index is 13.3. The summed E-state index contributed by atoms with van der Waals surface area (Å²) in [5.74, 6) is 0.345. The van der Waals surface area contributed by atoms with Crippen LogP contribution in [0.15, 0.2) is 69.0 Å². The molecule has 0 amide bonds. The van der Waals surface area contributed by atoms with E-state index in [-0.39, 0.29) is 28.6 Å². The lowest BCUT2D eigenvalue weighted by Gasteiger charge is -2.20. The highest BCUT2D eigenvalue weighted by Crippen LogP contribution is 2.37. The van der Waals surface area contributed by atoms with Gasteiger partial charge >= 0.3 is 5.69 Å². The molecule has 0 aliphatic rings. The predicted molar refractivity (Wildman–Crippen MR) is 149 cm³/mol. The molecule has 0 unspecified atom stereocenters. The third kappa shape index (κ3) is 5.84. The van der Waals surface area contributed by atoms with Crippen molar-refractivity contribution in [2.45, 2.75) is 32.8 Å². The van der Waals surface area contributed by atoms with Crippen LogP contribution in [-0.4, -0.2) is 20.8 Å². The summed E-state index contributed by atoms with van der Waals surface area (Å²) in [5.41, 5.74) is 0.284. The first-order valence-electron chi connectivity index (χ1n) is 11.1. The molecule has 0 bridgehead atoms. The SMILES string of the molecule is CC(C)(C)c1nc2ccc(Br)cc2c(=O)n1N=Cc1cc(Cl)c(OCc2ccccc2Cl)c([N+](=O)[O-])c1. The maximum Gasteiger partial charge on any atom is 0.313 e. The van der Waals surface area contributed by atoms with Crippen molar-refractivity contribution >= 4 is 61.9 Å². The molecule has 4 rings (SSSR count). The highest BCUT2D eigenvalue weighted by molar-refractivity contribution is 9.10. The summed E-state index contributed by atoms with van der Waals surface area (Å²) < 4.78 is 7.62. The third-order valence-corrected chi connectivity index (χ3v) is 6.52. The number of aromatic nitrogens is 2. The number of hydrogen-bond acceptors (Lipinski definition) is 6. The molecule has 0 saturated heterocycles. The molecule has 190 valence electrons. The maximum absolute atomic E-state index is 13.3. The average molecular weight is 604 g/mol. The number of fused-ring (bicyclic) bond motifs is 1. The predicted octanol–water partition coefficient (Wildman–Crippen LogP) is 7.13. The molecule has 37 heavy (non-hydrogen) atoms. The highest BCUT2D eigenvalue weighted by Gasteiger charge is 2.24. The molecule has 1 heterocycles. The minimum atomic E-state index is -0.590. The number of nitro groups is 1. The summed E-state index contributed by atoms with van der Waals surface area (Å²) in [6, 6.07) is 15.0. The Morgan fingerprint density at radius 3 is 2.54 bits per heavy atom. The average Bonchev–Trinajstić information content (AvgIpc) is 2.83. The van der Waals surface area contributed by atoms with Crippen LogP contribution in [0, 0.1) is 10.1 Å². The van der Waals surface area contributed by atoms with Crippen LogP contribution < -0.4 is 10.3 Å². The fourth-order valence-corrected chi connectivity index (χ4v) is 4.41. The lowest BCUT2D eigenvalue weighted by molar-refractivity contribution is -0.385. The largest absolute Gasteiger partial charge is 0.481 e. The fourth-order valence-electron chi connectivity index (χ4n) is 3.58. The van der Waals surface area contributed by atoms with Crippen LogP contribution in [0.4, 0.5) is 5.69 Å². The van der Waals surface area contributed by atoms with E-state index >= 15 is 0 Å². The number of nitrogens with zero attached hydrogens (tertiary/aromatic N) is 4. The lowest BCUT2D eigenvalue weighted by atomic mass is 9.95. The Labute approximate surface area is 230 Å². The second-order valence-corrected chi connectivity index (χ2v) is 10.9. The van der Waals surface area contributed by atoms with Gasteiger partial charge in [-0.3, -0.25) is 14.9 Å². The molecule has 0 fully saturated rings. The van der Waals surface area contributed by atoms with Crippen molar-refractivity contribution in [1.29, 1.82) is 0 Å². The van der Waals surface area contributed by atoms with Crippen molar-refractivity contribution in [3.63, 3.8) is 0 Å². The molecule has 3 aromatic carbocycles. The zero-order valence-corrected chi connectivity index (χ0v) is 23.1. The van der Waals surface area contributed by atoms with Crippen molar-refractivity contribution < 1.29 is 9.66 Å². The lowest BCUT2D eigenvalue weighted by Crippen LogP contribution is -2.29. The van der Waals surface area contributed by atoms with E-state index in [1.54, 1.807) is 36.4 Å². The van der Waals surface area contributed by atoms with E-state index < -0.39 is 10.3 Å². The molecule has 8 nitrogen and oxygen atoms in total. The van der Waals surface area contributed by atoms with E-state index in [1.807, 2.05) is 26.8 Å². The van der Waals surface area contributed by atoms with Gasteiger partial charge in [-0.15, -0.1) is 0 Å². The van der Waals surface area contributed by atoms with E-state index in [1.165, 1.54) is 23.0 Å². The van der Waals surface area contributed by atoms with Gasteiger partial charge in [0.15, 0.2) is 0 Å². The van der Waals surface area contributed by atoms with Crippen molar-refractivity contribution in [3.8, 4) is 5.75 Å². The third-order valence-electron chi connectivity index (χ3n) is 5.37. The number of halogens is 3. The van der Waals surface area contributed by atoms with Crippen LogP contribution in [0.3, 0.4) is 0 Å². The second-order valence-electron chi connectivity index (χ2n) is 9.20. The Morgan fingerprint density at radius 1 is 1.14 bits per heavy atom. The minimum absolute atomic E-state index is 0.00365.